The normalized spacial score (nSPS) is 10.2. The maximum Gasteiger partial charge on any atom is 0.162 e. The first-order chi connectivity index (χ1) is 11.1. The van der Waals surface area contributed by atoms with Crippen molar-refractivity contribution in [3.8, 4) is 17.2 Å². The zero-order chi connectivity index (χ0) is 16.7. The summed E-state index contributed by atoms with van der Waals surface area (Å²) in [5, 5.41) is 0. The van der Waals surface area contributed by atoms with Crippen LogP contribution in [0.4, 0.5) is 4.39 Å². The Kier molecular flexibility index (Phi) is 5.97. The Morgan fingerprint density at radius 3 is 2.09 bits per heavy atom. The first kappa shape index (κ1) is 16.8. The lowest BCUT2D eigenvalue weighted by Gasteiger charge is -2.09. The van der Waals surface area contributed by atoms with Crippen LogP contribution in [-0.2, 0) is 0 Å². The average Bonchev–Trinajstić information content (AvgIpc) is 2.55. The number of Topliss-reactive ketones (excluding diaryl/α,β-unsaturated/α-hetero) is 1. The molecule has 0 heterocycles. The van der Waals surface area contributed by atoms with Crippen LogP contribution in [0.2, 0.25) is 0 Å². The third-order valence-electron chi connectivity index (χ3n) is 3.21. The van der Waals surface area contributed by atoms with Gasteiger partial charge >= 0.3 is 0 Å². The number of carbonyl (C=O) groups is 1. The Morgan fingerprint density at radius 2 is 1.52 bits per heavy atom. The molecule has 0 unspecified atom stereocenters. The van der Waals surface area contributed by atoms with E-state index in [0.717, 1.165) is 11.5 Å². The highest BCUT2D eigenvalue weighted by molar-refractivity contribution is 5.94. The molecule has 122 valence electrons. The van der Waals surface area contributed by atoms with E-state index in [1.807, 2.05) is 24.3 Å². The number of hydrogen-bond acceptors (Lipinski definition) is 4. The van der Waals surface area contributed by atoms with E-state index in [0.29, 0.717) is 25.4 Å². The minimum atomic E-state index is -0.565. The van der Waals surface area contributed by atoms with Crippen LogP contribution >= 0.6 is 0 Å². The molecule has 0 bridgehead atoms. The Hall–Kier alpha value is -2.56. The van der Waals surface area contributed by atoms with Gasteiger partial charge in [0.05, 0.1) is 25.9 Å². The molecule has 0 saturated carbocycles. The first-order valence-electron chi connectivity index (χ1n) is 7.30. The van der Waals surface area contributed by atoms with Crippen molar-refractivity contribution in [3.05, 3.63) is 53.8 Å². The largest absolute Gasteiger partial charge is 0.497 e. The number of hydrogen-bond donors (Lipinski definition) is 0. The Balaban J connectivity index is 1.72. The molecule has 0 aromatic heterocycles. The highest BCUT2D eigenvalue weighted by Gasteiger charge is 2.08. The lowest BCUT2D eigenvalue weighted by atomic mass is 10.1. The number of benzene rings is 2. The molecule has 2 aromatic carbocycles. The van der Waals surface area contributed by atoms with Crippen LogP contribution in [-0.4, -0.2) is 26.1 Å². The van der Waals surface area contributed by atoms with E-state index in [4.69, 9.17) is 14.2 Å². The Morgan fingerprint density at radius 1 is 0.957 bits per heavy atom. The fraction of sp³-hybridized carbons (Fsp3) is 0.278. The standard InChI is InChI=1S/C18H19FO4/c1-13(20)17-9-8-16(12-18(17)19)23-11-3-10-22-15-6-4-14(21-2)5-7-15/h4-9,12H,3,10-11H2,1-2H3. The van der Waals surface area contributed by atoms with Crippen molar-refractivity contribution in [3.63, 3.8) is 0 Å². The summed E-state index contributed by atoms with van der Waals surface area (Å²) in [4.78, 5) is 11.1. The van der Waals surface area contributed by atoms with E-state index in [1.54, 1.807) is 13.2 Å². The Labute approximate surface area is 134 Å². The molecule has 0 atom stereocenters. The summed E-state index contributed by atoms with van der Waals surface area (Å²) in [7, 11) is 1.61. The van der Waals surface area contributed by atoms with Crippen LogP contribution in [0.5, 0.6) is 17.2 Å². The van der Waals surface area contributed by atoms with Crippen LogP contribution in [0.25, 0.3) is 0 Å². The van der Waals surface area contributed by atoms with Gasteiger partial charge < -0.3 is 14.2 Å². The molecule has 0 fully saturated rings. The molecule has 0 aliphatic carbocycles. The highest BCUT2D eigenvalue weighted by Crippen LogP contribution is 2.18. The van der Waals surface area contributed by atoms with Gasteiger partial charge in [0.2, 0.25) is 0 Å². The summed E-state index contributed by atoms with van der Waals surface area (Å²) in [5.41, 5.74) is 0.0696. The Bertz CT molecular complexity index is 653. The lowest BCUT2D eigenvalue weighted by molar-refractivity contribution is 0.101. The van der Waals surface area contributed by atoms with Crippen molar-refractivity contribution in [2.45, 2.75) is 13.3 Å². The SMILES string of the molecule is COc1ccc(OCCCOc2ccc(C(C)=O)c(F)c2)cc1. The summed E-state index contributed by atoms with van der Waals surface area (Å²) in [6.45, 7) is 2.21. The predicted molar refractivity (Wildman–Crippen MR) is 85.0 cm³/mol. The fourth-order valence-electron chi connectivity index (χ4n) is 1.98. The lowest BCUT2D eigenvalue weighted by Crippen LogP contribution is -2.05. The zero-order valence-corrected chi connectivity index (χ0v) is 13.2. The van der Waals surface area contributed by atoms with Gasteiger partial charge in [-0.05, 0) is 43.3 Å². The van der Waals surface area contributed by atoms with Crippen LogP contribution in [0.15, 0.2) is 42.5 Å². The smallest absolute Gasteiger partial charge is 0.162 e. The molecule has 0 aliphatic heterocycles. The van der Waals surface area contributed by atoms with E-state index >= 15 is 0 Å². The van der Waals surface area contributed by atoms with Crippen molar-refractivity contribution in [2.24, 2.45) is 0 Å². The molecule has 0 N–H and O–H groups in total. The number of rotatable bonds is 8. The molecule has 2 rings (SSSR count). The average molecular weight is 318 g/mol. The van der Waals surface area contributed by atoms with E-state index in [2.05, 4.69) is 0 Å². The number of ether oxygens (including phenoxy) is 3. The third kappa shape index (κ3) is 4.98. The molecule has 0 amide bonds. The minimum Gasteiger partial charge on any atom is -0.497 e. The number of methoxy groups -OCH3 is 1. The van der Waals surface area contributed by atoms with Crippen LogP contribution < -0.4 is 14.2 Å². The van der Waals surface area contributed by atoms with E-state index in [1.165, 1.54) is 19.1 Å². The summed E-state index contributed by atoms with van der Waals surface area (Å²) < 4.78 is 29.7. The molecule has 5 heteroatoms. The molecular weight excluding hydrogens is 299 g/mol. The third-order valence-corrected chi connectivity index (χ3v) is 3.21. The van der Waals surface area contributed by atoms with Crippen molar-refractivity contribution >= 4 is 5.78 Å². The van der Waals surface area contributed by atoms with Crippen LogP contribution in [0.1, 0.15) is 23.7 Å². The fourth-order valence-corrected chi connectivity index (χ4v) is 1.98. The molecule has 2 aromatic rings. The second-order valence-electron chi connectivity index (χ2n) is 4.92. The number of ketones is 1. The summed E-state index contributed by atoms with van der Waals surface area (Å²) in [6.07, 6.45) is 0.655. The van der Waals surface area contributed by atoms with Crippen molar-refractivity contribution in [1.82, 2.24) is 0 Å². The van der Waals surface area contributed by atoms with Gasteiger partial charge in [-0.25, -0.2) is 4.39 Å². The maximum atomic E-state index is 13.6. The molecular formula is C18H19FO4. The van der Waals surface area contributed by atoms with Gasteiger partial charge in [-0.1, -0.05) is 0 Å². The van der Waals surface area contributed by atoms with E-state index < -0.39 is 5.82 Å². The monoisotopic (exact) mass is 318 g/mol. The summed E-state index contributed by atoms with van der Waals surface area (Å²) in [6, 6.07) is 11.5. The molecule has 0 saturated heterocycles. The maximum absolute atomic E-state index is 13.6. The van der Waals surface area contributed by atoms with Crippen molar-refractivity contribution in [2.75, 3.05) is 20.3 Å². The van der Waals surface area contributed by atoms with Crippen molar-refractivity contribution in [1.29, 1.82) is 0 Å². The topological polar surface area (TPSA) is 44.8 Å². The molecule has 0 aliphatic rings. The second kappa shape index (κ2) is 8.17. The number of halogens is 1. The molecule has 23 heavy (non-hydrogen) atoms. The highest BCUT2D eigenvalue weighted by atomic mass is 19.1. The quantitative estimate of drug-likeness (QED) is 0.547. The van der Waals surface area contributed by atoms with Crippen molar-refractivity contribution < 1.29 is 23.4 Å². The summed E-state index contributed by atoms with van der Waals surface area (Å²) in [5.74, 6) is 1.06. The summed E-state index contributed by atoms with van der Waals surface area (Å²) >= 11 is 0. The zero-order valence-electron chi connectivity index (χ0n) is 13.2. The predicted octanol–water partition coefficient (Wildman–Crippen LogP) is 3.88. The molecule has 4 nitrogen and oxygen atoms in total. The van der Waals surface area contributed by atoms with Crippen LogP contribution in [0, 0.1) is 5.82 Å². The van der Waals surface area contributed by atoms with Gasteiger partial charge in [0.1, 0.15) is 23.1 Å². The first-order valence-corrected chi connectivity index (χ1v) is 7.30. The van der Waals surface area contributed by atoms with Gasteiger partial charge in [0.15, 0.2) is 5.78 Å². The van der Waals surface area contributed by atoms with E-state index in [-0.39, 0.29) is 11.3 Å². The number of carbonyl (C=O) groups excluding carboxylic acids is 1. The van der Waals surface area contributed by atoms with Gasteiger partial charge in [-0.2, -0.15) is 0 Å². The van der Waals surface area contributed by atoms with Gasteiger partial charge in [-0.3, -0.25) is 4.79 Å². The van der Waals surface area contributed by atoms with Gasteiger partial charge in [0, 0.05) is 12.5 Å². The second-order valence-corrected chi connectivity index (χ2v) is 4.92. The van der Waals surface area contributed by atoms with Crippen LogP contribution in [0.3, 0.4) is 0 Å². The van der Waals surface area contributed by atoms with E-state index in [9.17, 15) is 9.18 Å². The minimum absolute atomic E-state index is 0.0696. The van der Waals surface area contributed by atoms with Gasteiger partial charge in [0.25, 0.3) is 0 Å². The van der Waals surface area contributed by atoms with Gasteiger partial charge in [-0.15, -0.1) is 0 Å². The molecule has 0 spiro atoms. The molecule has 0 radical (unpaired) electrons.